The van der Waals surface area contributed by atoms with Crippen LogP contribution in [-0.4, -0.2) is 21.7 Å². The van der Waals surface area contributed by atoms with Crippen LogP contribution >= 0.6 is 0 Å². The third kappa shape index (κ3) is 3.68. The number of hydrogen-bond donors (Lipinski definition) is 1. The van der Waals surface area contributed by atoms with Gasteiger partial charge in [-0.3, -0.25) is 0 Å². The van der Waals surface area contributed by atoms with Crippen molar-refractivity contribution in [1.29, 1.82) is 0 Å². The summed E-state index contributed by atoms with van der Waals surface area (Å²) in [6.45, 7) is 7.75. The molecule has 2 atom stereocenters. The highest BCUT2D eigenvalue weighted by Gasteiger charge is 2.36. The van der Waals surface area contributed by atoms with Crippen molar-refractivity contribution in [1.82, 2.24) is 8.69 Å². The highest BCUT2D eigenvalue weighted by Crippen LogP contribution is 2.40. The van der Waals surface area contributed by atoms with Crippen molar-refractivity contribution < 1.29 is 13.0 Å². The molecule has 7 heteroatoms. The van der Waals surface area contributed by atoms with E-state index in [1.165, 1.54) is 3.97 Å². The molecule has 3 aromatic rings. The van der Waals surface area contributed by atoms with Gasteiger partial charge < -0.3 is 4.55 Å². The van der Waals surface area contributed by atoms with Crippen LogP contribution in [0.3, 0.4) is 0 Å². The molecule has 1 unspecified atom stereocenters. The number of nitrogens with one attached hydrogen (secondary N) is 1. The van der Waals surface area contributed by atoms with Crippen molar-refractivity contribution in [2.24, 2.45) is 0 Å². The lowest BCUT2D eigenvalue weighted by atomic mass is 9.91. The van der Waals surface area contributed by atoms with Gasteiger partial charge in [0.2, 0.25) is 0 Å². The molecule has 30 heavy (non-hydrogen) atoms. The Morgan fingerprint density at radius 2 is 1.77 bits per heavy atom. The monoisotopic (exact) mass is 444 g/mol. The van der Waals surface area contributed by atoms with Gasteiger partial charge in [-0.25, -0.2) is 12.4 Å². The zero-order valence-electron chi connectivity index (χ0n) is 17.8. The molecule has 0 saturated carbocycles. The molecular formula is C23H28N2O3S2. The number of fused-ring (bicyclic) bond motifs is 3. The van der Waals surface area contributed by atoms with E-state index in [2.05, 4.69) is 4.72 Å². The Morgan fingerprint density at radius 1 is 1.10 bits per heavy atom. The molecule has 0 radical (unpaired) electrons. The van der Waals surface area contributed by atoms with E-state index in [4.69, 9.17) is 0 Å². The second kappa shape index (κ2) is 7.71. The van der Waals surface area contributed by atoms with E-state index in [1.807, 2.05) is 64.1 Å². The van der Waals surface area contributed by atoms with Gasteiger partial charge in [0.25, 0.3) is 10.0 Å². The number of hydrogen-bond acceptors (Lipinski definition) is 4. The molecule has 1 aromatic heterocycles. The molecule has 0 saturated heterocycles. The Morgan fingerprint density at radius 3 is 2.43 bits per heavy atom. The zero-order valence-corrected chi connectivity index (χ0v) is 19.4. The minimum Gasteiger partial charge on any atom is -0.598 e. The first-order chi connectivity index (χ1) is 14.1. The maximum absolute atomic E-state index is 13.7. The van der Waals surface area contributed by atoms with E-state index in [0.29, 0.717) is 11.9 Å². The van der Waals surface area contributed by atoms with Gasteiger partial charge in [-0.1, -0.05) is 35.9 Å². The SMILES string of the molecule is Cc1ccc(S(=O)(=O)n2c3c(c4ccccc42)[C@H](N[S+]([O-])C(C)(C)C)CCC3)cc1. The minimum atomic E-state index is -3.75. The average Bonchev–Trinajstić information content (AvgIpc) is 3.03. The predicted octanol–water partition coefficient (Wildman–Crippen LogP) is 4.62. The summed E-state index contributed by atoms with van der Waals surface area (Å²) >= 11 is -1.24. The fraction of sp³-hybridized carbons (Fsp3) is 0.391. The predicted molar refractivity (Wildman–Crippen MR) is 122 cm³/mol. The van der Waals surface area contributed by atoms with E-state index in [1.54, 1.807) is 12.1 Å². The van der Waals surface area contributed by atoms with Gasteiger partial charge in [0.15, 0.2) is 0 Å². The van der Waals surface area contributed by atoms with Gasteiger partial charge >= 0.3 is 0 Å². The first-order valence-electron chi connectivity index (χ1n) is 10.2. The van der Waals surface area contributed by atoms with Crippen LogP contribution in [0.4, 0.5) is 0 Å². The van der Waals surface area contributed by atoms with E-state index in [-0.39, 0.29) is 10.9 Å². The molecule has 2 aromatic carbocycles. The van der Waals surface area contributed by atoms with E-state index in [0.717, 1.165) is 35.0 Å². The molecule has 1 aliphatic carbocycles. The molecule has 1 N–H and O–H groups in total. The van der Waals surface area contributed by atoms with E-state index >= 15 is 0 Å². The zero-order chi connectivity index (χ0) is 21.7. The number of aromatic nitrogens is 1. The van der Waals surface area contributed by atoms with Crippen molar-refractivity contribution in [2.75, 3.05) is 0 Å². The molecule has 1 aliphatic rings. The fourth-order valence-corrected chi connectivity index (χ4v) is 6.48. The topological polar surface area (TPSA) is 74.2 Å². The second-order valence-corrected chi connectivity index (χ2v) is 12.7. The highest BCUT2D eigenvalue weighted by atomic mass is 32.2. The van der Waals surface area contributed by atoms with Crippen LogP contribution in [0.1, 0.15) is 56.5 Å². The minimum absolute atomic E-state index is 0.145. The Labute approximate surface area is 181 Å². The Balaban J connectivity index is 1.91. The average molecular weight is 445 g/mol. The van der Waals surface area contributed by atoms with Gasteiger partial charge in [0.1, 0.15) is 4.75 Å². The summed E-state index contributed by atoms with van der Waals surface area (Å²) in [6.07, 6.45) is 2.34. The third-order valence-corrected chi connectivity index (χ3v) is 8.97. The van der Waals surface area contributed by atoms with E-state index in [9.17, 15) is 13.0 Å². The Bertz CT molecular complexity index is 1180. The number of nitrogens with zero attached hydrogens (tertiary/aromatic N) is 1. The lowest BCUT2D eigenvalue weighted by Crippen LogP contribution is -2.42. The van der Waals surface area contributed by atoms with Crippen LogP contribution in [0.25, 0.3) is 10.9 Å². The summed E-state index contributed by atoms with van der Waals surface area (Å²) in [7, 11) is -3.75. The second-order valence-electron chi connectivity index (χ2n) is 8.90. The third-order valence-electron chi connectivity index (χ3n) is 5.59. The first kappa shape index (κ1) is 21.4. The van der Waals surface area contributed by atoms with Gasteiger partial charge in [-0.15, -0.1) is 4.72 Å². The number of benzene rings is 2. The lowest BCUT2D eigenvalue weighted by Gasteiger charge is -2.30. The maximum atomic E-state index is 13.7. The van der Waals surface area contributed by atoms with Gasteiger partial charge in [-0.2, -0.15) is 0 Å². The number of para-hydroxylation sites is 1. The van der Waals surface area contributed by atoms with Crippen LogP contribution in [0.5, 0.6) is 0 Å². The van der Waals surface area contributed by atoms with Crippen molar-refractivity contribution in [2.45, 2.75) is 62.6 Å². The van der Waals surface area contributed by atoms with Crippen LogP contribution in [-0.2, 0) is 27.8 Å². The lowest BCUT2D eigenvalue weighted by molar-refractivity contribution is 0.488. The molecular weight excluding hydrogens is 416 g/mol. The van der Waals surface area contributed by atoms with Crippen LogP contribution in [0.15, 0.2) is 53.4 Å². The van der Waals surface area contributed by atoms with Gasteiger partial charge in [0, 0.05) is 28.0 Å². The van der Waals surface area contributed by atoms with E-state index < -0.39 is 26.1 Å². The molecule has 0 aliphatic heterocycles. The van der Waals surface area contributed by atoms with Gasteiger partial charge in [0.05, 0.1) is 16.5 Å². The molecule has 4 rings (SSSR count). The van der Waals surface area contributed by atoms with Crippen molar-refractivity contribution in [3.63, 3.8) is 0 Å². The largest absolute Gasteiger partial charge is 0.598 e. The molecule has 5 nitrogen and oxygen atoms in total. The van der Waals surface area contributed by atoms with Crippen molar-refractivity contribution in [3.8, 4) is 0 Å². The van der Waals surface area contributed by atoms with Crippen LogP contribution in [0, 0.1) is 6.92 Å². The molecule has 1 heterocycles. The maximum Gasteiger partial charge on any atom is 0.268 e. The fourth-order valence-electron chi connectivity index (χ4n) is 4.05. The first-order valence-corrected chi connectivity index (χ1v) is 12.8. The molecule has 0 amide bonds. The molecule has 0 fully saturated rings. The summed E-state index contributed by atoms with van der Waals surface area (Å²) in [4.78, 5) is 0.282. The van der Waals surface area contributed by atoms with Crippen LogP contribution < -0.4 is 4.72 Å². The summed E-state index contributed by atoms with van der Waals surface area (Å²) in [5.74, 6) is 0. The smallest absolute Gasteiger partial charge is 0.268 e. The Hall–Kier alpha value is -1.80. The normalized spacial score (nSPS) is 18.4. The summed E-state index contributed by atoms with van der Waals surface area (Å²) in [5, 5.41) is 0.909. The molecule has 0 bridgehead atoms. The summed E-state index contributed by atoms with van der Waals surface area (Å²) < 4.78 is 44.5. The molecule has 160 valence electrons. The molecule has 0 spiro atoms. The van der Waals surface area contributed by atoms with Crippen LogP contribution in [0.2, 0.25) is 0 Å². The Kier molecular flexibility index (Phi) is 5.51. The highest BCUT2D eigenvalue weighted by molar-refractivity contribution is 7.91. The van der Waals surface area contributed by atoms with Crippen molar-refractivity contribution in [3.05, 3.63) is 65.4 Å². The van der Waals surface area contributed by atoms with Gasteiger partial charge in [-0.05, 0) is 65.2 Å². The summed E-state index contributed by atoms with van der Waals surface area (Å²) in [5.41, 5.74) is 3.46. The standard InChI is InChI=1S/C23H28N2O3S2/c1-16-12-14-17(15-13-16)30(27,28)25-20-10-6-5-8-18(20)22-19(9-7-11-21(22)25)24-29(26)23(2,3)4/h5-6,8,10,12-15,19,24H,7,9,11H2,1-4H3/t19-,29?/m1/s1. The summed E-state index contributed by atoms with van der Waals surface area (Å²) in [6, 6.07) is 14.4. The number of aryl methyl sites for hydroxylation is 1. The number of rotatable bonds is 4. The quantitative estimate of drug-likeness (QED) is 0.596. The van der Waals surface area contributed by atoms with Crippen molar-refractivity contribution >= 4 is 32.3 Å².